The molecule has 0 saturated carbocycles. The first kappa shape index (κ1) is 21.6. The van der Waals surface area contributed by atoms with Gasteiger partial charge in [-0.2, -0.15) is 0 Å². The Bertz CT molecular complexity index is 461. The second kappa shape index (κ2) is 12.8. The van der Waals surface area contributed by atoms with Crippen LogP contribution in [0.15, 0.2) is 40.2 Å². The maximum atomic E-state index is 4.77. The summed E-state index contributed by atoms with van der Waals surface area (Å²) in [5.74, 6) is 2.74. The quantitative estimate of drug-likeness (QED) is 0.215. The summed E-state index contributed by atoms with van der Waals surface area (Å²) in [6, 6.07) is 10.5. The van der Waals surface area contributed by atoms with Gasteiger partial charge in [0.2, 0.25) is 0 Å². The van der Waals surface area contributed by atoms with Gasteiger partial charge in [0.15, 0.2) is 5.96 Å². The first-order valence-electron chi connectivity index (χ1n) is 8.66. The lowest BCUT2D eigenvalue weighted by molar-refractivity contribution is 0.223. The number of hydrogen-bond donors (Lipinski definition) is 2. The van der Waals surface area contributed by atoms with Crippen LogP contribution in [0.5, 0.6) is 0 Å². The topological polar surface area (TPSA) is 39.7 Å². The van der Waals surface area contributed by atoms with E-state index in [-0.39, 0.29) is 24.0 Å². The summed E-state index contributed by atoms with van der Waals surface area (Å²) >= 11 is 1.88. The van der Waals surface area contributed by atoms with Crippen LogP contribution in [-0.2, 0) is 0 Å². The number of nitrogens with zero attached hydrogens (tertiary/aromatic N) is 2. The van der Waals surface area contributed by atoms with E-state index in [1.54, 1.807) is 0 Å². The van der Waals surface area contributed by atoms with Crippen molar-refractivity contribution in [2.75, 3.05) is 45.5 Å². The monoisotopic (exact) mass is 462 g/mol. The Hall–Kier alpha value is -0.470. The van der Waals surface area contributed by atoms with E-state index in [4.69, 9.17) is 4.99 Å². The van der Waals surface area contributed by atoms with Gasteiger partial charge in [-0.1, -0.05) is 18.2 Å². The van der Waals surface area contributed by atoms with Crippen LogP contribution < -0.4 is 10.6 Å². The van der Waals surface area contributed by atoms with Gasteiger partial charge >= 0.3 is 0 Å². The Morgan fingerprint density at radius 1 is 1.21 bits per heavy atom. The molecule has 0 amide bonds. The summed E-state index contributed by atoms with van der Waals surface area (Å²) in [5, 5.41) is 6.80. The molecular weight excluding hydrogens is 431 g/mol. The molecule has 0 spiro atoms. The minimum atomic E-state index is 0. The predicted molar refractivity (Wildman–Crippen MR) is 117 cm³/mol. The molecule has 0 atom stereocenters. The van der Waals surface area contributed by atoms with Crippen molar-refractivity contribution in [3.8, 4) is 0 Å². The van der Waals surface area contributed by atoms with Crippen molar-refractivity contribution >= 4 is 41.7 Å². The van der Waals surface area contributed by atoms with Crippen molar-refractivity contribution in [1.82, 2.24) is 15.5 Å². The number of rotatable bonds is 7. The number of nitrogens with one attached hydrogen (secondary N) is 2. The third kappa shape index (κ3) is 8.58. The fraction of sp³-hybridized carbons (Fsp3) is 0.611. The number of hydrogen-bond acceptors (Lipinski definition) is 3. The highest BCUT2D eigenvalue weighted by Crippen LogP contribution is 2.16. The van der Waals surface area contributed by atoms with Crippen LogP contribution in [0.1, 0.15) is 19.8 Å². The molecule has 0 aliphatic carbocycles. The first-order valence-corrected chi connectivity index (χ1v) is 9.65. The molecule has 1 aliphatic heterocycles. The second-order valence-corrected chi connectivity index (χ2v) is 7.22. The van der Waals surface area contributed by atoms with Crippen molar-refractivity contribution in [1.29, 1.82) is 0 Å². The summed E-state index contributed by atoms with van der Waals surface area (Å²) < 4.78 is 0. The average molecular weight is 462 g/mol. The summed E-state index contributed by atoms with van der Waals surface area (Å²) in [6.45, 7) is 7.31. The van der Waals surface area contributed by atoms with E-state index in [2.05, 4.69) is 59.8 Å². The van der Waals surface area contributed by atoms with Crippen LogP contribution in [-0.4, -0.2) is 56.4 Å². The van der Waals surface area contributed by atoms with Gasteiger partial charge in [-0.25, -0.2) is 0 Å². The Balaban J connectivity index is 0.00000288. The van der Waals surface area contributed by atoms with Crippen LogP contribution in [0, 0.1) is 5.92 Å². The molecule has 0 unspecified atom stereocenters. The number of guanidine groups is 1. The summed E-state index contributed by atoms with van der Waals surface area (Å²) in [7, 11) is 2.20. The molecule has 24 heavy (non-hydrogen) atoms. The van der Waals surface area contributed by atoms with Crippen molar-refractivity contribution in [3.63, 3.8) is 0 Å². The highest BCUT2D eigenvalue weighted by atomic mass is 127. The van der Waals surface area contributed by atoms with Crippen molar-refractivity contribution in [2.24, 2.45) is 10.9 Å². The highest BCUT2D eigenvalue weighted by molar-refractivity contribution is 14.0. The maximum Gasteiger partial charge on any atom is 0.191 e. The van der Waals surface area contributed by atoms with Crippen LogP contribution in [0.25, 0.3) is 0 Å². The minimum absolute atomic E-state index is 0. The molecule has 136 valence electrons. The van der Waals surface area contributed by atoms with Crippen LogP contribution in [0.4, 0.5) is 0 Å². The zero-order chi connectivity index (χ0) is 16.3. The Morgan fingerprint density at radius 2 is 1.92 bits per heavy atom. The molecule has 1 heterocycles. The zero-order valence-corrected chi connectivity index (χ0v) is 18.0. The molecular formula is C18H31IN4S. The lowest BCUT2D eigenvalue weighted by Gasteiger charge is -2.28. The molecule has 1 aromatic rings. The summed E-state index contributed by atoms with van der Waals surface area (Å²) in [4.78, 5) is 8.50. The molecule has 0 bridgehead atoms. The third-order valence-electron chi connectivity index (χ3n) is 4.10. The minimum Gasteiger partial charge on any atom is -0.357 e. The van der Waals surface area contributed by atoms with Crippen LogP contribution in [0.3, 0.4) is 0 Å². The van der Waals surface area contributed by atoms with Gasteiger partial charge in [0, 0.05) is 30.3 Å². The largest absolute Gasteiger partial charge is 0.357 e. The molecule has 2 rings (SSSR count). The SMILES string of the molecule is CCNC(=NCC1CCN(C)CC1)NCCSc1ccccc1.I. The van der Waals surface area contributed by atoms with Gasteiger partial charge < -0.3 is 15.5 Å². The van der Waals surface area contributed by atoms with Gasteiger partial charge in [0.05, 0.1) is 0 Å². The Morgan fingerprint density at radius 3 is 2.58 bits per heavy atom. The van der Waals surface area contributed by atoms with Crippen molar-refractivity contribution < 1.29 is 0 Å². The molecule has 2 N–H and O–H groups in total. The zero-order valence-electron chi connectivity index (χ0n) is 14.8. The standard InChI is InChI=1S/C18H30N4S.HI/c1-3-19-18(21-15-16-9-12-22(2)13-10-16)20-11-14-23-17-7-5-4-6-8-17;/h4-8,16H,3,9-15H2,1-2H3,(H2,19,20,21);1H. The molecule has 4 nitrogen and oxygen atoms in total. The van der Waals surface area contributed by atoms with E-state index < -0.39 is 0 Å². The Labute approximate surface area is 168 Å². The molecule has 1 saturated heterocycles. The van der Waals surface area contributed by atoms with Gasteiger partial charge in [0.1, 0.15) is 0 Å². The lowest BCUT2D eigenvalue weighted by Crippen LogP contribution is -2.39. The van der Waals surface area contributed by atoms with E-state index in [1.807, 2.05) is 11.8 Å². The second-order valence-electron chi connectivity index (χ2n) is 6.05. The molecule has 1 aliphatic rings. The van der Waals surface area contributed by atoms with Gasteiger partial charge in [-0.15, -0.1) is 35.7 Å². The molecule has 0 aromatic heterocycles. The number of halogens is 1. The van der Waals surface area contributed by atoms with E-state index in [0.29, 0.717) is 0 Å². The van der Waals surface area contributed by atoms with Gasteiger partial charge in [-0.05, 0) is 58.0 Å². The molecule has 1 fully saturated rings. The predicted octanol–water partition coefficient (Wildman–Crippen LogP) is 3.29. The normalized spacial score (nSPS) is 16.5. The van der Waals surface area contributed by atoms with Crippen LogP contribution in [0.2, 0.25) is 0 Å². The number of likely N-dealkylation sites (tertiary alicyclic amines) is 1. The van der Waals surface area contributed by atoms with E-state index in [0.717, 1.165) is 37.3 Å². The van der Waals surface area contributed by atoms with Crippen molar-refractivity contribution in [3.05, 3.63) is 30.3 Å². The number of piperidine rings is 1. The Kier molecular flexibility index (Phi) is 11.5. The molecule has 6 heteroatoms. The van der Waals surface area contributed by atoms with Crippen LogP contribution >= 0.6 is 35.7 Å². The molecule has 1 aromatic carbocycles. The third-order valence-corrected chi connectivity index (χ3v) is 5.11. The van der Waals surface area contributed by atoms with E-state index in [1.165, 1.54) is 30.8 Å². The first-order chi connectivity index (χ1) is 11.3. The number of thioether (sulfide) groups is 1. The van der Waals surface area contributed by atoms with Crippen molar-refractivity contribution in [2.45, 2.75) is 24.7 Å². The average Bonchev–Trinajstić information content (AvgIpc) is 2.59. The van der Waals surface area contributed by atoms with E-state index in [9.17, 15) is 0 Å². The fourth-order valence-electron chi connectivity index (χ4n) is 2.66. The fourth-order valence-corrected chi connectivity index (χ4v) is 3.45. The number of aliphatic imine (C=N–C) groups is 1. The highest BCUT2D eigenvalue weighted by Gasteiger charge is 2.16. The number of benzene rings is 1. The molecule has 0 radical (unpaired) electrons. The maximum absolute atomic E-state index is 4.77. The summed E-state index contributed by atoms with van der Waals surface area (Å²) in [6.07, 6.45) is 2.53. The van der Waals surface area contributed by atoms with E-state index >= 15 is 0 Å². The van der Waals surface area contributed by atoms with Gasteiger partial charge in [0.25, 0.3) is 0 Å². The van der Waals surface area contributed by atoms with Gasteiger partial charge in [-0.3, -0.25) is 4.99 Å². The lowest BCUT2D eigenvalue weighted by atomic mass is 9.97. The summed E-state index contributed by atoms with van der Waals surface area (Å²) in [5.41, 5.74) is 0. The smallest absolute Gasteiger partial charge is 0.191 e.